The highest BCUT2D eigenvalue weighted by atomic mass is 19.1. The van der Waals surface area contributed by atoms with Crippen LogP contribution in [0.25, 0.3) is 0 Å². The Labute approximate surface area is 174 Å². The van der Waals surface area contributed by atoms with E-state index >= 15 is 0 Å². The molecule has 0 aromatic carbocycles. The molecule has 2 aliphatic carbocycles. The zero-order chi connectivity index (χ0) is 21.1. The van der Waals surface area contributed by atoms with E-state index in [-0.39, 0.29) is 28.7 Å². The van der Waals surface area contributed by atoms with Gasteiger partial charge in [-0.05, 0) is 43.9 Å². The maximum absolute atomic E-state index is 13.1. The highest BCUT2D eigenvalue weighted by molar-refractivity contribution is 5.94. The van der Waals surface area contributed by atoms with Crippen molar-refractivity contribution in [3.05, 3.63) is 77.1 Å². The summed E-state index contributed by atoms with van der Waals surface area (Å²) in [6.07, 6.45) is 12.5. The highest BCUT2D eigenvalue weighted by Gasteiger charge is 2.62. The summed E-state index contributed by atoms with van der Waals surface area (Å²) in [5.41, 5.74) is -0.408. The number of nitrogens with zero attached hydrogens (tertiary/aromatic N) is 2. The second-order valence-electron chi connectivity index (χ2n) is 7.77. The van der Waals surface area contributed by atoms with Crippen LogP contribution in [0.15, 0.2) is 65.8 Å². The number of hydrogen-bond acceptors (Lipinski definition) is 4. The van der Waals surface area contributed by atoms with Gasteiger partial charge >= 0.3 is 0 Å². The quantitative estimate of drug-likeness (QED) is 0.759. The van der Waals surface area contributed by atoms with Crippen LogP contribution >= 0.6 is 0 Å². The van der Waals surface area contributed by atoms with Crippen LogP contribution in [0.1, 0.15) is 19.8 Å². The van der Waals surface area contributed by atoms with Crippen molar-refractivity contribution in [2.45, 2.75) is 26.3 Å². The number of carbonyl (C=O) groups is 1. The maximum atomic E-state index is 13.1. The second kappa shape index (κ2) is 8.26. The molecule has 2 aromatic heterocycles. The Morgan fingerprint density at radius 2 is 2.20 bits per heavy atom. The standard InChI is InChI=1S/C23H24FN3O3/c1-2-27-14-18(9-11-21(27)28)30-15-23(16-6-4-3-5-7-16)12-19(23)22(29)26-20-10-8-17(24)13-25-20/h3-6,8-11,13-14,16,19H,2,7,12,15H2,1H3,(H,25,26,29)/t16?,19-,23+/m0/s1. The van der Waals surface area contributed by atoms with Gasteiger partial charge in [0, 0.05) is 30.1 Å². The minimum atomic E-state index is -0.449. The van der Waals surface area contributed by atoms with E-state index in [1.54, 1.807) is 16.8 Å². The van der Waals surface area contributed by atoms with Crippen LogP contribution in [-0.2, 0) is 11.3 Å². The first kappa shape index (κ1) is 20.1. The van der Waals surface area contributed by atoms with Crippen LogP contribution in [0.3, 0.4) is 0 Å². The van der Waals surface area contributed by atoms with Gasteiger partial charge in [-0.25, -0.2) is 9.37 Å². The number of aromatic nitrogens is 2. The molecule has 0 aliphatic heterocycles. The Bertz CT molecular complexity index is 1040. The Hall–Kier alpha value is -3.22. The van der Waals surface area contributed by atoms with Gasteiger partial charge in [-0.15, -0.1) is 0 Å². The predicted octanol–water partition coefficient (Wildman–Crippen LogP) is 3.56. The number of amides is 1. The van der Waals surface area contributed by atoms with Crippen LogP contribution in [-0.4, -0.2) is 22.1 Å². The molecule has 2 aliphatic rings. The largest absolute Gasteiger partial charge is 0.491 e. The molecule has 0 saturated heterocycles. The fourth-order valence-corrected chi connectivity index (χ4v) is 4.08. The highest BCUT2D eigenvalue weighted by Crippen LogP contribution is 2.60. The number of halogens is 1. The average molecular weight is 409 g/mol. The van der Waals surface area contributed by atoms with E-state index in [2.05, 4.69) is 22.5 Å². The summed E-state index contributed by atoms with van der Waals surface area (Å²) < 4.78 is 20.7. The number of carbonyl (C=O) groups excluding carboxylic acids is 1. The molecule has 4 rings (SSSR count). The Morgan fingerprint density at radius 3 is 2.90 bits per heavy atom. The third-order valence-electron chi connectivity index (χ3n) is 5.94. The van der Waals surface area contributed by atoms with Gasteiger partial charge in [0.25, 0.3) is 5.56 Å². The number of anilines is 1. The molecule has 1 saturated carbocycles. The Balaban J connectivity index is 1.50. The van der Waals surface area contributed by atoms with Gasteiger partial charge in [0.1, 0.15) is 17.4 Å². The van der Waals surface area contributed by atoms with E-state index in [9.17, 15) is 14.0 Å². The monoisotopic (exact) mass is 409 g/mol. The molecule has 1 amide bonds. The molecule has 3 atom stereocenters. The molecule has 0 radical (unpaired) electrons. The summed E-state index contributed by atoms with van der Waals surface area (Å²) in [5, 5.41) is 2.79. The maximum Gasteiger partial charge on any atom is 0.250 e. The minimum Gasteiger partial charge on any atom is -0.491 e. The number of ether oxygens (including phenoxy) is 1. The lowest BCUT2D eigenvalue weighted by Crippen LogP contribution is -2.29. The molecule has 2 aromatic rings. The minimum absolute atomic E-state index is 0.0737. The Morgan fingerprint density at radius 1 is 1.33 bits per heavy atom. The van der Waals surface area contributed by atoms with Crippen molar-refractivity contribution < 1.29 is 13.9 Å². The van der Waals surface area contributed by atoms with E-state index in [0.717, 1.165) is 12.6 Å². The fourth-order valence-electron chi connectivity index (χ4n) is 4.08. The first-order chi connectivity index (χ1) is 14.5. The molecule has 0 bridgehead atoms. The van der Waals surface area contributed by atoms with E-state index < -0.39 is 5.82 Å². The fraction of sp³-hybridized carbons (Fsp3) is 0.348. The summed E-state index contributed by atoms with van der Waals surface area (Å²) in [5.74, 6) is 0.294. The molecular weight excluding hydrogens is 385 g/mol. The summed E-state index contributed by atoms with van der Waals surface area (Å²) in [4.78, 5) is 28.6. The molecule has 2 heterocycles. The van der Waals surface area contributed by atoms with Gasteiger partial charge in [-0.2, -0.15) is 0 Å². The number of pyridine rings is 2. The molecule has 1 unspecified atom stereocenters. The zero-order valence-corrected chi connectivity index (χ0v) is 16.8. The molecule has 1 fully saturated rings. The third-order valence-corrected chi connectivity index (χ3v) is 5.94. The van der Waals surface area contributed by atoms with E-state index in [0.29, 0.717) is 31.1 Å². The summed E-state index contributed by atoms with van der Waals surface area (Å²) >= 11 is 0. The van der Waals surface area contributed by atoms with Crippen LogP contribution in [0.2, 0.25) is 0 Å². The molecule has 6 nitrogen and oxygen atoms in total. The van der Waals surface area contributed by atoms with Crippen molar-refractivity contribution in [1.29, 1.82) is 0 Å². The SMILES string of the molecule is CCn1cc(OC[C@@]2(C3C=CC=CC3)C[C@H]2C(=O)Nc2ccc(F)cn2)ccc1=O. The Kier molecular flexibility index (Phi) is 5.53. The van der Waals surface area contributed by atoms with Crippen molar-refractivity contribution in [1.82, 2.24) is 9.55 Å². The number of allylic oxidation sites excluding steroid dienone is 4. The smallest absolute Gasteiger partial charge is 0.250 e. The van der Waals surface area contributed by atoms with Gasteiger partial charge in [0.15, 0.2) is 0 Å². The molecule has 30 heavy (non-hydrogen) atoms. The van der Waals surface area contributed by atoms with E-state index in [4.69, 9.17) is 4.74 Å². The van der Waals surface area contributed by atoms with Gasteiger partial charge in [0.05, 0.1) is 12.8 Å². The van der Waals surface area contributed by atoms with Gasteiger partial charge in [-0.3, -0.25) is 9.59 Å². The number of rotatable bonds is 7. The first-order valence-electron chi connectivity index (χ1n) is 10.1. The third kappa shape index (κ3) is 4.06. The number of nitrogens with one attached hydrogen (secondary N) is 1. The van der Waals surface area contributed by atoms with Crippen LogP contribution in [0.4, 0.5) is 10.2 Å². The summed E-state index contributed by atoms with van der Waals surface area (Å²) in [6.45, 7) is 2.83. The molecule has 7 heteroatoms. The van der Waals surface area contributed by atoms with Gasteiger partial charge < -0.3 is 14.6 Å². The predicted molar refractivity (Wildman–Crippen MR) is 112 cm³/mol. The van der Waals surface area contributed by atoms with Crippen LogP contribution in [0.5, 0.6) is 5.75 Å². The lowest BCUT2D eigenvalue weighted by atomic mass is 9.82. The molecular formula is C23H24FN3O3. The van der Waals surface area contributed by atoms with Crippen LogP contribution in [0, 0.1) is 23.1 Å². The lowest BCUT2D eigenvalue weighted by molar-refractivity contribution is -0.118. The summed E-state index contributed by atoms with van der Waals surface area (Å²) in [6, 6.07) is 5.87. The average Bonchev–Trinajstić information content (AvgIpc) is 3.51. The first-order valence-corrected chi connectivity index (χ1v) is 10.1. The van der Waals surface area contributed by atoms with Crippen LogP contribution < -0.4 is 15.6 Å². The van der Waals surface area contributed by atoms with Gasteiger partial charge in [0.2, 0.25) is 5.91 Å². The normalized spacial score (nSPS) is 24.5. The number of aryl methyl sites for hydroxylation is 1. The summed E-state index contributed by atoms with van der Waals surface area (Å²) in [7, 11) is 0. The molecule has 0 spiro atoms. The second-order valence-corrected chi connectivity index (χ2v) is 7.77. The molecule has 156 valence electrons. The van der Waals surface area contributed by atoms with Crippen molar-refractivity contribution >= 4 is 11.7 Å². The van der Waals surface area contributed by atoms with Gasteiger partial charge in [-0.1, -0.05) is 24.3 Å². The van der Waals surface area contributed by atoms with Crippen molar-refractivity contribution in [3.63, 3.8) is 0 Å². The number of hydrogen-bond donors (Lipinski definition) is 1. The van der Waals surface area contributed by atoms with Crippen molar-refractivity contribution in [3.8, 4) is 5.75 Å². The molecule has 1 N–H and O–H groups in total. The lowest BCUT2D eigenvalue weighted by Gasteiger charge is -2.26. The van der Waals surface area contributed by atoms with Crippen molar-refractivity contribution in [2.24, 2.45) is 17.3 Å². The zero-order valence-electron chi connectivity index (χ0n) is 16.8. The van der Waals surface area contributed by atoms with E-state index in [1.807, 2.05) is 19.1 Å². The van der Waals surface area contributed by atoms with Crippen molar-refractivity contribution in [2.75, 3.05) is 11.9 Å². The topological polar surface area (TPSA) is 73.2 Å². The van der Waals surface area contributed by atoms with E-state index in [1.165, 1.54) is 18.2 Å².